The fraction of sp³-hybridized carbons (Fsp3) is 0.556. The van der Waals surface area contributed by atoms with Gasteiger partial charge in [-0.05, 0) is 39.0 Å². The number of rotatable bonds is 3. The van der Waals surface area contributed by atoms with Crippen molar-refractivity contribution in [2.45, 2.75) is 50.7 Å². The van der Waals surface area contributed by atoms with Crippen molar-refractivity contribution in [1.82, 2.24) is 5.32 Å². The van der Waals surface area contributed by atoms with Crippen LogP contribution in [0.15, 0.2) is 18.2 Å². The van der Waals surface area contributed by atoms with E-state index < -0.39 is 41.1 Å². The maximum absolute atomic E-state index is 14.6. The zero-order chi connectivity index (χ0) is 19.3. The van der Waals surface area contributed by atoms with Crippen LogP contribution in [0.4, 0.5) is 18.9 Å². The van der Waals surface area contributed by atoms with Crippen molar-refractivity contribution in [3.8, 4) is 0 Å². The van der Waals surface area contributed by atoms with Crippen molar-refractivity contribution in [3.05, 3.63) is 29.6 Å². The van der Waals surface area contributed by atoms with Crippen LogP contribution in [-0.4, -0.2) is 29.0 Å². The molecule has 2 aliphatic rings. The van der Waals surface area contributed by atoms with Crippen molar-refractivity contribution in [2.24, 2.45) is 5.92 Å². The van der Waals surface area contributed by atoms with E-state index in [1.807, 2.05) is 13.8 Å². The molecule has 2 unspecified atom stereocenters. The Kier molecular flexibility index (Phi) is 4.55. The number of carbonyl (C=O) groups excluding carboxylic acids is 1. The summed E-state index contributed by atoms with van der Waals surface area (Å²) in [6.45, 7) is 5.81. The van der Waals surface area contributed by atoms with E-state index in [1.54, 1.807) is 6.92 Å². The van der Waals surface area contributed by atoms with E-state index in [0.717, 1.165) is 0 Å². The van der Waals surface area contributed by atoms with E-state index in [2.05, 4.69) is 10.6 Å². The number of anilines is 1. The van der Waals surface area contributed by atoms with Gasteiger partial charge in [0.15, 0.2) is 0 Å². The van der Waals surface area contributed by atoms with Gasteiger partial charge < -0.3 is 15.4 Å². The highest BCUT2D eigenvalue weighted by Crippen LogP contribution is 2.49. The molecule has 2 atom stereocenters. The number of carbonyl (C=O) groups is 1. The highest BCUT2D eigenvalue weighted by atomic mass is 32.1. The van der Waals surface area contributed by atoms with Gasteiger partial charge in [0.25, 0.3) is 5.92 Å². The second kappa shape index (κ2) is 6.20. The minimum atomic E-state index is -2.95. The standard InChI is InChI=1S/C18H21F3N2O2S/c1-16(2)9-17(3,23-14(26)8-25-16)11-6-10(4-5-13(11)19)22-15(24)12-7-18(12,20)21/h4-6,12H,7-9H2,1-3H3,(H,22,24)(H,23,26). The molecule has 1 amide bonds. The van der Waals surface area contributed by atoms with Gasteiger partial charge in [-0.3, -0.25) is 4.79 Å². The van der Waals surface area contributed by atoms with E-state index in [1.165, 1.54) is 18.2 Å². The van der Waals surface area contributed by atoms with E-state index in [0.29, 0.717) is 17.0 Å². The normalized spacial score (nSPS) is 29.5. The second-order valence-electron chi connectivity index (χ2n) is 7.81. The molecule has 1 saturated carbocycles. The molecular formula is C18H21F3N2O2S. The Morgan fingerprint density at radius 3 is 2.62 bits per heavy atom. The number of hydrogen-bond donors (Lipinski definition) is 2. The molecule has 0 radical (unpaired) electrons. The fourth-order valence-corrected chi connectivity index (χ4v) is 3.75. The minimum Gasteiger partial charge on any atom is -0.368 e. The van der Waals surface area contributed by atoms with Gasteiger partial charge in [0.2, 0.25) is 5.91 Å². The van der Waals surface area contributed by atoms with Crippen LogP contribution < -0.4 is 10.6 Å². The van der Waals surface area contributed by atoms with Crippen molar-refractivity contribution >= 4 is 28.8 Å². The number of nitrogens with one attached hydrogen (secondary N) is 2. The quantitative estimate of drug-likeness (QED) is 0.777. The summed E-state index contributed by atoms with van der Waals surface area (Å²) in [7, 11) is 0. The van der Waals surface area contributed by atoms with Crippen molar-refractivity contribution in [3.63, 3.8) is 0 Å². The first kappa shape index (κ1) is 19.1. The van der Waals surface area contributed by atoms with Gasteiger partial charge in [-0.25, -0.2) is 13.2 Å². The van der Waals surface area contributed by atoms with Crippen LogP contribution in [0.25, 0.3) is 0 Å². The minimum absolute atomic E-state index is 0.229. The van der Waals surface area contributed by atoms with Gasteiger partial charge >= 0.3 is 0 Å². The number of hydrogen-bond acceptors (Lipinski definition) is 3. The first-order valence-corrected chi connectivity index (χ1v) is 8.76. The lowest BCUT2D eigenvalue weighted by Gasteiger charge is -2.35. The van der Waals surface area contributed by atoms with Gasteiger partial charge in [0.1, 0.15) is 16.7 Å². The number of alkyl halides is 2. The van der Waals surface area contributed by atoms with E-state index in [9.17, 15) is 18.0 Å². The summed E-state index contributed by atoms with van der Waals surface area (Å²) in [5, 5.41) is 5.58. The van der Waals surface area contributed by atoms with E-state index in [-0.39, 0.29) is 12.3 Å². The molecule has 1 aromatic carbocycles. The maximum Gasteiger partial charge on any atom is 0.260 e. The Morgan fingerprint density at radius 2 is 2.00 bits per heavy atom. The second-order valence-corrected chi connectivity index (χ2v) is 8.30. The molecule has 1 saturated heterocycles. The molecule has 26 heavy (non-hydrogen) atoms. The van der Waals surface area contributed by atoms with Gasteiger partial charge in [-0.1, -0.05) is 12.2 Å². The molecule has 2 fully saturated rings. The van der Waals surface area contributed by atoms with Crippen LogP contribution in [0.5, 0.6) is 0 Å². The first-order valence-electron chi connectivity index (χ1n) is 8.36. The summed E-state index contributed by atoms with van der Waals surface area (Å²) in [5.41, 5.74) is -0.861. The SMILES string of the molecule is CC1(C)CC(C)(c2cc(NC(=O)C3CC3(F)F)ccc2F)NC(=S)CO1. The summed E-state index contributed by atoms with van der Waals surface area (Å²) in [4.78, 5) is 12.4. The van der Waals surface area contributed by atoms with Gasteiger partial charge in [-0.2, -0.15) is 0 Å². The lowest BCUT2D eigenvalue weighted by atomic mass is 9.81. The molecule has 1 aromatic rings. The third-order valence-electron chi connectivity index (χ3n) is 4.76. The third kappa shape index (κ3) is 3.86. The zero-order valence-corrected chi connectivity index (χ0v) is 15.6. The van der Waals surface area contributed by atoms with Crippen molar-refractivity contribution in [2.75, 3.05) is 11.9 Å². The lowest BCUT2D eigenvalue weighted by molar-refractivity contribution is -0.119. The van der Waals surface area contributed by atoms with Crippen molar-refractivity contribution < 1.29 is 22.7 Å². The Morgan fingerprint density at radius 1 is 1.35 bits per heavy atom. The van der Waals surface area contributed by atoms with E-state index >= 15 is 0 Å². The smallest absolute Gasteiger partial charge is 0.260 e. The van der Waals surface area contributed by atoms with Crippen molar-refractivity contribution in [1.29, 1.82) is 0 Å². The molecule has 1 aliphatic heterocycles. The van der Waals surface area contributed by atoms with Crippen LogP contribution in [0.2, 0.25) is 0 Å². The number of benzene rings is 1. The number of amides is 1. The third-order valence-corrected chi connectivity index (χ3v) is 4.98. The lowest BCUT2D eigenvalue weighted by Crippen LogP contribution is -2.45. The molecule has 0 bridgehead atoms. The molecular weight excluding hydrogens is 365 g/mol. The topological polar surface area (TPSA) is 50.4 Å². The molecule has 0 spiro atoms. The van der Waals surface area contributed by atoms with Crippen LogP contribution in [0.3, 0.4) is 0 Å². The molecule has 1 heterocycles. The van der Waals surface area contributed by atoms with Gasteiger partial charge in [-0.15, -0.1) is 0 Å². The molecule has 1 aliphatic carbocycles. The molecule has 8 heteroatoms. The van der Waals surface area contributed by atoms with Crippen LogP contribution in [0.1, 0.15) is 39.2 Å². The number of halogens is 3. The van der Waals surface area contributed by atoms with Gasteiger partial charge in [0.05, 0.1) is 17.7 Å². The zero-order valence-electron chi connectivity index (χ0n) is 14.8. The molecule has 3 rings (SSSR count). The average molecular weight is 386 g/mol. The average Bonchev–Trinajstić information content (AvgIpc) is 3.17. The Hall–Kier alpha value is -1.67. The maximum atomic E-state index is 14.6. The van der Waals surface area contributed by atoms with Crippen LogP contribution >= 0.6 is 12.2 Å². The Balaban J connectivity index is 1.89. The van der Waals surface area contributed by atoms with Crippen LogP contribution in [-0.2, 0) is 15.1 Å². The molecule has 4 nitrogen and oxygen atoms in total. The molecule has 2 N–H and O–H groups in total. The number of thiocarbonyl (C=S) groups is 1. The van der Waals surface area contributed by atoms with Crippen LogP contribution in [0, 0.1) is 11.7 Å². The molecule has 0 aromatic heterocycles. The highest BCUT2D eigenvalue weighted by Gasteiger charge is 2.61. The Labute approximate surface area is 155 Å². The Bertz CT molecular complexity index is 769. The molecule has 142 valence electrons. The summed E-state index contributed by atoms with van der Waals surface area (Å²) < 4.78 is 46.4. The monoisotopic (exact) mass is 386 g/mol. The predicted octanol–water partition coefficient (Wildman–Crippen LogP) is 3.75. The van der Waals surface area contributed by atoms with Gasteiger partial charge in [0, 0.05) is 24.1 Å². The summed E-state index contributed by atoms with van der Waals surface area (Å²) >= 11 is 5.25. The largest absolute Gasteiger partial charge is 0.368 e. The summed E-state index contributed by atoms with van der Waals surface area (Å²) in [6.07, 6.45) is -0.0267. The van der Waals surface area contributed by atoms with E-state index in [4.69, 9.17) is 17.0 Å². The predicted molar refractivity (Wildman–Crippen MR) is 95.8 cm³/mol. The highest BCUT2D eigenvalue weighted by molar-refractivity contribution is 7.80. The first-order chi connectivity index (χ1) is 11.9. The fourth-order valence-electron chi connectivity index (χ4n) is 3.47. The summed E-state index contributed by atoms with van der Waals surface area (Å²) in [6, 6.07) is 4.03. The summed E-state index contributed by atoms with van der Waals surface area (Å²) in [5.74, 6) is -5.50. The number of ether oxygens (including phenoxy) is 1.